The lowest BCUT2D eigenvalue weighted by atomic mass is 10.1. The van der Waals surface area contributed by atoms with Gasteiger partial charge in [0.25, 0.3) is 0 Å². The highest BCUT2D eigenvalue weighted by Crippen LogP contribution is 2.04. The molecular weight excluding hydrogens is 244 g/mol. The van der Waals surface area contributed by atoms with E-state index < -0.39 is 0 Å². The minimum Gasteiger partial charge on any atom is -0.369 e. The third-order valence-corrected chi connectivity index (χ3v) is 1.97. The van der Waals surface area contributed by atoms with Gasteiger partial charge in [0.15, 0.2) is 0 Å². The summed E-state index contributed by atoms with van der Waals surface area (Å²) in [6, 6.07) is 9.28. The molecule has 8 N–H and O–H groups in total. The van der Waals surface area contributed by atoms with E-state index in [0.717, 1.165) is 5.56 Å². The van der Waals surface area contributed by atoms with Gasteiger partial charge in [0.05, 0.1) is 5.71 Å². The van der Waals surface area contributed by atoms with Gasteiger partial charge >= 0.3 is 0 Å². The molecule has 0 aliphatic rings. The number of guanidine groups is 2. The van der Waals surface area contributed by atoms with Crippen molar-refractivity contribution in [2.45, 2.75) is 6.92 Å². The zero-order valence-electron chi connectivity index (χ0n) is 10.5. The van der Waals surface area contributed by atoms with Gasteiger partial charge in [-0.25, -0.2) is 0 Å². The fourth-order valence-electron chi connectivity index (χ4n) is 1.22. The standard InChI is InChI=1S/C11H16N8/c1-7(16-18-10(12)13)9(17-19-11(14)15)8-5-3-2-4-6-8/h2-6H,1H3,(H4,12,13,18)(H4,14,15,19). The van der Waals surface area contributed by atoms with E-state index >= 15 is 0 Å². The zero-order chi connectivity index (χ0) is 14.3. The Labute approximate surface area is 110 Å². The maximum Gasteiger partial charge on any atom is 0.211 e. The molecule has 8 nitrogen and oxygen atoms in total. The van der Waals surface area contributed by atoms with Gasteiger partial charge in [0.2, 0.25) is 11.9 Å². The molecular formula is C11H16N8. The highest BCUT2D eigenvalue weighted by molar-refractivity contribution is 6.47. The first kappa shape index (κ1) is 14.2. The van der Waals surface area contributed by atoms with Gasteiger partial charge in [0, 0.05) is 5.56 Å². The number of nitrogens with two attached hydrogens (primary N) is 4. The summed E-state index contributed by atoms with van der Waals surface area (Å²) in [5.41, 5.74) is 22.7. The van der Waals surface area contributed by atoms with Crippen molar-refractivity contribution in [3.8, 4) is 0 Å². The Hall–Kier alpha value is -2.90. The summed E-state index contributed by atoms with van der Waals surface area (Å²) in [5.74, 6) is -0.295. The molecule has 0 saturated carbocycles. The predicted molar refractivity (Wildman–Crippen MR) is 77.7 cm³/mol. The van der Waals surface area contributed by atoms with Crippen LogP contribution in [0.2, 0.25) is 0 Å². The maximum absolute atomic E-state index is 5.25. The molecule has 0 unspecified atom stereocenters. The van der Waals surface area contributed by atoms with Crippen LogP contribution in [0.1, 0.15) is 12.5 Å². The molecule has 0 aliphatic carbocycles. The Morgan fingerprint density at radius 3 is 1.84 bits per heavy atom. The second-order valence-corrected chi connectivity index (χ2v) is 3.55. The lowest BCUT2D eigenvalue weighted by molar-refractivity contribution is 1.18. The van der Waals surface area contributed by atoms with E-state index in [-0.39, 0.29) is 11.9 Å². The summed E-state index contributed by atoms with van der Waals surface area (Å²) in [6.45, 7) is 1.69. The zero-order valence-corrected chi connectivity index (χ0v) is 10.5. The molecule has 1 rings (SSSR count). The fourth-order valence-corrected chi connectivity index (χ4v) is 1.22. The van der Waals surface area contributed by atoms with Crippen molar-refractivity contribution in [3.63, 3.8) is 0 Å². The Bertz CT molecular complexity index is 533. The van der Waals surface area contributed by atoms with Crippen molar-refractivity contribution in [2.24, 2.45) is 43.3 Å². The van der Waals surface area contributed by atoms with Gasteiger partial charge in [-0.15, -0.1) is 20.4 Å². The van der Waals surface area contributed by atoms with Crippen molar-refractivity contribution in [2.75, 3.05) is 0 Å². The van der Waals surface area contributed by atoms with Crippen LogP contribution in [0.3, 0.4) is 0 Å². The predicted octanol–water partition coefficient (Wildman–Crippen LogP) is -0.687. The minimum absolute atomic E-state index is 0.145. The van der Waals surface area contributed by atoms with Crippen LogP contribution in [-0.2, 0) is 0 Å². The fraction of sp³-hybridized carbons (Fsp3) is 0.0909. The Morgan fingerprint density at radius 2 is 1.32 bits per heavy atom. The second-order valence-electron chi connectivity index (χ2n) is 3.55. The van der Waals surface area contributed by atoms with E-state index in [0.29, 0.717) is 11.4 Å². The van der Waals surface area contributed by atoms with Crippen LogP contribution in [0.5, 0.6) is 0 Å². The third-order valence-electron chi connectivity index (χ3n) is 1.97. The van der Waals surface area contributed by atoms with Crippen molar-refractivity contribution in [1.82, 2.24) is 0 Å². The molecule has 0 aromatic heterocycles. The van der Waals surface area contributed by atoms with Crippen LogP contribution < -0.4 is 22.9 Å². The molecule has 0 amide bonds. The van der Waals surface area contributed by atoms with E-state index in [1.165, 1.54) is 0 Å². The molecule has 0 bridgehead atoms. The van der Waals surface area contributed by atoms with Crippen molar-refractivity contribution in [1.29, 1.82) is 0 Å². The smallest absolute Gasteiger partial charge is 0.211 e. The van der Waals surface area contributed by atoms with Crippen molar-refractivity contribution >= 4 is 23.3 Å². The molecule has 19 heavy (non-hydrogen) atoms. The highest BCUT2D eigenvalue weighted by atomic mass is 15.3. The third kappa shape index (κ3) is 4.86. The largest absolute Gasteiger partial charge is 0.369 e. The van der Waals surface area contributed by atoms with Gasteiger partial charge in [0.1, 0.15) is 5.71 Å². The molecule has 8 heteroatoms. The number of nitrogens with zero attached hydrogens (tertiary/aromatic N) is 4. The summed E-state index contributed by atoms with van der Waals surface area (Å²) in [7, 11) is 0. The topological polar surface area (TPSA) is 154 Å². The normalized spacial score (nSPS) is 11.8. The SMILES string of the molecule is CC(=NN=C(N)N)C(=NN=C(N)N)c1ccccc1. The highest BCUT2D eigenvalue weighted by Gasteiger charge is 2.07. The van der Waals surface area contributed by atoms with Gasteiger partial charge < -0.3 is 22.9 Å². The number of rotatable bonds is 4. The minimum atomic E-state index is -0.150. The van der Waals surface area contributed by atoms with Crippen LogP contribution in [0.25, 0.3) is 0 Å². The Balaban J connectivity index is 3.22. The van der Waals surface area contributed by atoms with Crippen molar-refractivity contribution < 1.29 is 0 Å². The molecule has 0 heterocycles. The molecule has 0 atom stereocenters. The number of hydrogen-bond donors (Lipinski definition) is 4. The van der Waals surface area contributed by atoms with E-state index in [9.17, 15) is 0 Å². The summed E-state index contributed by atoms with van der Waals surface area (Å²) >= 11 is 0. The Kier molecular flexibility index (Phi) is 5.03. The summed E-state index contributed by atoms with van der Waals surface area (Å²) in [6.07, 6.45) is 0. The van der Waals surface area contributed by atoms with E-state index in [4.69, 9.17) is 22.9 Å². The van der Waals surface area contributed by atoms with E-state index in [2.05, 4.69) is 20.4 Å². The second kappa shape index (κ2) is 6.74. The first-order valence-electron chi connectivity index (χ1n) is 5.36. The van der Waals surface area contributed by atoms with Crippen molar-refractivity contribution in [3.05, 3.63) is 35.9 Å². The molecule has 0 saturated heterocycles. The average molecular weight is 260 g/mol. The molecule has 1 aromatic carbocycles. The molecule has 1 aromatic rings. The first-order valence-corrected chi connectivity index (χ1v) is 5.36. The number of hydrogen-bond acceptors (Lipinski definition) is 4. The number of benzene rings is 1. The maximum atomic E-state index is 5.25. The molecule has 0 spiro atoms. The quantitative estimate of drug-likeness (QED) is 0.321. The lowest BCUT2D eigenvalue weighted by Crippen LogP contribution is -2.23. The van der Waals surface area contributed by atoms with Crippen LogP contribution >= 0.6 is 0 Å². The summed E-state index contributed by atoms with van der Waals surface area (Å²) in [4.78, 5) is 0. The van der Waals surface area contributed by atoms with Gasteiger partial charge in [-0.2, -0.15) is 0 Å². The summed E-state index contributed by atoms with van der Waals surface area (Å²) < 4.78 is 0. The lowest BCUT2D eigenvalue weighted by Gasteiger charge is -2.03. The van der Waals surface area contributed by atoms with E-state index in [1.807, 2.05) is 30.3 Å². The molecule has 0 aliphatic heterocycles. The van der Waals surface area contributed by atoms with Gasteiger partial charge in [-0.1, -0.05) is 30.3 Å². The molecule has 0 fully saturated rings. The first-order chi connectivity index (χ1) is 9.00. The van der Waals surface area contributed by atoms with Crippen LogP contribution in [-0.4, -0.2) is 23.3 Å². The van der Waals surface area contributed by atoms with Crippen LogP contribution in [0.15, 0.2) is 50.7 Å². The average Bonchev–Trinajstić information content (AvgIpc) is 2.37. The summed E-state index contributed by atoms with van der Waals surface area (Å²) in [5, 5.41) is 15.0. The van der Waals surface area contributed by atoms with Gasteiger partial charge in [-0.3, -0.25) is 0 Å². The molecule has 0 radical (unpaired) electrons. The molecule has 100 valence electrons. The monoisotopic (exact) mass is 260 g/mol. The van der Waals surface area contributed by atoms with Crippen LogP contribution in [0, 0.1) is 0 Å². The van der Waals surface area contributed by atoms with Crippen LogP contribution in [0.4, 0.5) is 0 Å². The van der Waals surface area contributed by atoms with E-state index in [1.54, 1.807) is 6.92 Å². The van der Waals surface area contributed by atoms with Gasteiger partial charge in [-0.05, 0) is 6.92 Å². The Morgan fingerprint density at radius 1 is 0.789 bits per heavy atom.